The summed E-state index contributed by atoms with van der Waals surface area (Å²) < 4.78 is 0. The van der Waals surface area contributed by atoms with Crippen molar-refractivity contribution in [2.24, 2.45) is 20.0 Å². The highest BCUT2D eigenvalue weighted by atomic mass is 14.9. The zero-order valence-electron chi connectivity index (χ0n) is 10.6. The molecule has 88 valence electrons. The lowest BCUT2D eigenvalue weighted by Gasteiger charge is -2.04. The Morgan fingerprint density at radius 3 is 0.875 bits per heavy atom. The molecule has 0 N–H and O–H groups in total. The van der Waals surface area contributed by atoms with Crippen molar-refractivity contribution in [2.45, 2.75) is 27.7 Å². The van der Waals surface area contributed by atoms with E-state index < -0.39 is 0 Å². The molecule has 16 heavy (non-hydrogen) atoms. The summed E-state index contributed by atoms with van der Waals surface area (Å²) in [6.45, 7) is 10.9. The second-order valence-electron chi connectivity index (χ2n) is 3.87. The average molecular weight is 220 g/mol. The third-order valence-electron chi connectivity index (χ3n) is 2.64. The van der Waals surface area contributed by atoms with Crippen LogP contribution in [0.2, 0.25) is 0 Å². The molecular formula is C12H20N4. The highest BCUT2D eigenvalue weighted by Gasteiger charge is 1.99. The van der Waals surface area contributed by atoms with Crippen LogP contribution in [0.1, 0.15) is 27.7 Å². The topological polar surface area (TPSA) is 49.4 Å². The van der Waals surface area contributed by atoms with Crippen LogP contribution in [0.25, 0.3) is 0 Å². The predicted octanol–water partition coefficient (Wildman–Crippen LogP) is 1.84. The first-order valence-electron chi connectivity index (χ1n) is 5.66. The molecule has 0 atom stereocenters. The standard InChI is InChI=1S/C12H20N4/c1-9-10(2)14-7-8-16-12(4)11(3)15-6-5-13-9/h5-8H2,1-4H3. The van der Waals surface area contributed by atoms with E-state index in [1.165, 1.54) is 0 Å². The molecular weight excluding hydrogens is 200 g/mol. The molecule has 1 heterocycles. The molecule has 0 aromatic carbocycles. The summed E-state index contributed by atoms with van der Waals surface area (Å²) in [6, 6.07) is 0. The Bertz CT molecular complexity index is 289. The molecule has 0 fully saturated rings. The van der Waals surface area contributed by atoms with Crippen LogP contribution in [0.5, 0.6) is 0 Å². The fourth-order valence-electron chi connectivity index (χ4n) is 1.33. The van der Waals surface area contributed by atoms with E-state index in [1.807, 2.05) is 27.7 Å². The lowest BCUT2D eigenvalue weighted by molar-refractivity contribution is 0.960. The van der Waals surface area contributed by atoms with Crippen LogP contribution in [0.4, 0.5) is 0 Å². The summed E-state index contributed by atoms with van der Waals surface area (Å²) in [7, 11) is 0. The minimum atomic E-state index is 0.726. The van der Waals surface area contributed by atoms with Crippen LogP contribution in [-0.4, -0.2) is 49.0 Å². The van der Waals surface area contributed by atoms with Gasteiger partial charge in [-0.1, -0.05) is 0 Å². The molecule has 0 saturated heterocycles. The maximum atomic E-state index is 4.44. The summed E-state index contributed by atoms with van der Waals surface area (Å²) in [5.41, 5.74) is 4.03. The lowest BCUT2D eigenvalue weighted by Crippen LogP contribution is -2.13. The van der Waals surface area contributed by atoms with Gasteiger partial charge in [0.25, 0.3) is 0 Å². The number of nitrogens with zero attached hydrogens (tertiary/aromatic N) is 4. The normalized spacial score (nSPS) is 19.8. The summed E-state index contributed by atoms with van der Waals surface area (Å²) in [5, 5.41) is 0. The molecule has 4 nitrogen and oxygen atoms in total. The van der Waals surface area contributed by atoms with Gasteiger partial charge < -0.3 is 0 Å². The minimum absolute atomic E-state index is 0.726. The smallest absolute Gasteiger partial charge is 0.0589 e. The van der Waals surface area contributed by atoms with Gasteiger partial charge in [0, 0.05) is 0 Å². The maximum Gasteiger partial charge on any atom is 0.0589 e. The highest BCUT2D eigenvalue weighted by Crippen LogP contribution is 1.92. The van der Waals surface area contributed by atoms with Crippen molar-refractivity contribution in [3.63, 3.8) is 0 Å². The van der Waals surface area contributed by atoms with Crippen LogP contribution in [-0.2, 0) is 0 Å². The zero-order valence-corrected chi connectivity index (χ0v) is 10.6. The number of hydrogen-bond donors (Lipinski definition) is 0. The maximum absolute atomic E-state index is 4.44. The summed E-state index contributed by atoms with van der Waals surface area (Å²) in [5.74, 6) is 0. The summed E-state index contributed by atoms with van der Waals surface area (Å²) >= 11 is 0. The Morgan fingerprint density at radius 2 is 0.688 bits per heavy atom. The molecule has 0 unspecified atom stereocenters. The molecule has 0 amide bonds. The zero-order chi connectivity index (χ0) is 12.0. The van der Waals surface area contributed by atoms with E-state index in [4.69, 9.17) is 0 Å². The van der Waals surface area contributed by atoms with Crippen molar-refractivity contribution in [2.75, 3.05) is 26.2 Å². The minimum Gasteiger partial charge on any atom is -0.286 e. The largest absolute Gasteiger partial charge is 0.286 e. The van der Waals surface area contributed by atoms with E-state index in [0.717, 1.165) is 49.0 Å². The molecule has 0 aromatic rings. The molecule has 0 bridgehead atoms. The second-order valence-corrected chi connectivity index (χ2v) is 3.87. The molecule has 1 aliphatic heterocycles. The third kappa shape index (κ3) is 4.04. The lowest BCUT2D eigenvalue weighted by atomic mass is 10.2. The second kappa shape index (κ2) is 6.30. The SMILES string of the molecule is CC1=NCCN=C(C)C(C)=NCCN=C1C. The molecule has 0 aliphatic carbocycles. The Balaban J connectivity index is 2.82. The number of rotatable bonds is 0. The van der Waals surface area contributed by atoms with Crippen molar-refractivity contribution in [1.82, 2.24) is 0 Å². The molecule has 0 spiro atoms. The Kier molecular flexibility index (Phi) is 5.02. The molecule has 0 aromatic heterocycles. The predicted molar refractivity (Wildman–Crippen MR) is 71.9 cm³/mol. The van der Waals surface area contributed by atoms with Gasteiger partial charge in [0.15, 0.2) is 0 Å². The Labute approximate surface area is 97.3 Å². The number of hydrogen-bond acceptors (Lipinski definition) is 4. The van der Waals surface area contributed by atoms with E-state index in [-0.39, 0.29) is 0 Å². The van der Waals surface area contributed by atoms with Crippen LogP contribution >= 0.6 is 0 Å². The van der Waals surface area contributed by atoms with Gasteiger partial charge in [0.2, 0.25) is 0 Å². The molecule has 1 aliphatic rings. The third-order valence-corrected chi connectivity index (χ3v) is 2.64. The van der Waals surface area contributed by atoms with Crippen molar-refractivity contribution in [3.8, 4) is 0 Å². The summed E-state index contributed by atoms with van der Waals surface area (Å²) in [4.78, 5) is 17.7. The fraction of sp³-hybridized carbons (Fsp3) is 0.667. The van der Waals surface area contributed by atoms with Crippen LogP contribution in [0, 0.1) is 0 Å². The molecule has 4 heteroatoms. The van der Waals surface area contributed by atoms with Crippen LogP contribution in [0.3, 0.4) is 0 Å². The first-order chi connectivity index (χ1) is 7.61. The molecule has 1 rings (SSSR count). The first kappa shape index (κ1) is 12.7. The monoisotopic (exact) mass is 220 g/mol. The van der Waals surface area contributed by atoms with Crippen molar-refractivity contribution >= 4 is 22.8 Å². The van der Waals surface area contributed by atoms with Gasteiger partial charge >= 0.3 is 0 Å². The Hall–Kier alpha value is -1.32. The molecule has 0 saturated carbocycles. The highest BCUT2D eigenvalue weighted by molar-refractivity contribution is 6.41. The van der Waals surface area contributed by atoms with Gasteiger partial charge in [-0.2, -0.15) is 0 Å². The Morgan fingerprint density at radius 1 is 0.500 bits per heavy atom. The van der Waals surface area contributed by atoms with Crippen molar-refractivity contribution < 1.29 is 0 Å². The van der Waals surface area contributed by atoms with E-state index in [9.17, 15) is 0 Å². The van der Waals surface area contributed by atoms with Crippen LogP contribution in [0.15, 0.2) is 20.0 Å². The number of aliphatic imine (C=N–C) groups is 4. The van der Waals surface area contributed by atoms with Gasteiger partial charge in [-0.25, -0.2) is 0 Å². The van der Waals surface area contributed by atoms with E-state index >= 15 is 0 Å². The van der Waals surface area contributed by atoms with Gasteiger partial charge in [-0.05, 0) is 27.7 Å². The average Bonchev–Trinajstić information content (AvgIpc) is 2.27. The van der Waals surface area contributed by atoms with Gasteiger partial charge in [0.1, 0.15) is 0 Å². The van der Waals surface area contributed by atoms with Gasteiger partial charge in [0.05, 0.1) is 49.0 Å². The molecule has 0 radical (unpaired) electrons. The van der Waals surface area contributed by atoms with E-state index in [2.05, 4.69) is 20.0 Å². The van der Waals surface area contributed by atoms with E-state index in [0.29, 0.717) is 0 Å². The quantitative estimate of drug-likeness (QED) is 0.598. The van der Waals surface area contributed by atoms with Gasteiger partial charge in [-0.3, -0.25) is 20.0 Å². The summed E-state index contributed by atoms with van der Waals surface area (Å²) in [6.07, 6.45) is 0. The van der Waals surface area contributed by atoms with Crippen molar-refractivity contribution in [3.05, 3.63) is 0 Å². The van der Waals surface area contributed by atoms with Crippen molar-refractivity contribution in [1.29, 1.82) is 0 Å². The van der Waals surface area contributed by atoms with E-state index in [1.54, 1.807) is 0 Å². The first-order valence-corrected chi connectivity index (χ1v) is 5.66. The fourth-order valence-corrected chi connectivity index (χ4v) is 1.33. The van der Waals surface area contributed by atoms with Gasteiger partial charge in [-0.15, -0.1) is 0 Å². The van der Waals surface area contributed by atoms with Crippen LogP contribution < -0.4 is 0 Å².